The summed E-state index contributed by atoms with van der Waals surface area (Å²) < 4.78 is 20.4. The molecule has 0 atom stereocenters. The number of aryl methyl sites for hydroxylation is 1. The number of aromatic nitrogens is 1. The Bertz CT molecular complexity index is 631. The van der Waals surface area contributed by atoms with Crippen LogP contribution in [-0.4, -0.2) is 4.57 Å². The lowest BCUT2D eigenvalue weighted by atomic mass is 10.1. The minimum Gasteiger partial charge on any atom is -0.440 e. The quantitative estimate of drug-likeness (QED) is 0.647. The van der Waals surface area contributed by atoms with Gasteiger partial charge in [0.25, 0.3) is 0 Å². The van der Waals surface area contributed by atoms with E-state index in [0.717, 1.165) is 22.2 Å². The average Bonchev–Trinajstić information content (AvgIpc) is 2.60. The van der Waals surface area contributed by atoms with Crippen LogP contribution in [0.15, 0.2) is 18.2 Å². The van der Waals surface area contributed by atoms with E-state index in [0.29, 0.717) is 13.2 Å². The summed E-state index contributed by atoms with van der Waals surface area (Å²) in [6.45, 7) is 7.05. The molecule has 0 aliphatic carbocycles. The van der Waals surface area contributed by atoms with Gasteiger partial charge in [0, 0.05) is 5.39 Å². The van der Waals surface area contributed by atoms with Crippen molar-refractivity contribution in [3.63, 3.8) is 0 Å². The molecule has 0 saturated carbocycles. The third-order valence-corrected chi connectivity index (χ3v) is 3.00. The van der Waals surface area contributed by atoms with Crippen molar-refractivity contribution in [1.82, 2.24) is 4.57 Å². The summed E-state index contributed by atoms with van der Waals surface area (Å²) in [6.07, 6.45) is 2.62. The second kappa shape index (κ2) is 5.14. The van der Waals surface area contributed by atoms with Gasteiger partial charge in [-0.2, -0.15) is 0 Å². The molecule has 0 N–H and O–H groups in total. The van der Waals surface area contributed by atoms with Crippen molar-refractivity contribution in [2.24, 2.45) is 0 Å². The maximum atomic E-state index is 13.2. The lowest BCUT2D eigenvalue weighted by Gasteiger charge is -2.04. The van der Waals surface area contributed by atoms with E-state index in [2.05, 4.69) is 12.0 Å². The molecule has 0 unspecified atom stereocenters. The zero-order chi connectivity index (χ0) is 13.1. The summed E-state index contributed by atoms with van der Waals surface area (Å²) in [4.78, 5) is 0. The van der Waals surface area contributed by atoms with E-state index < -0.39 is 0 Å². The second-order valence-corrected chi connectivity index (χ2v) is 3.89. The number of benzene rings is 1. The Morgan fingerprint density at radius 1 is 1.33 bits per heavy atom. The molecule has 94 valence electrons. The van der Waals surface area contributed by atoms with Crippen LogP contribution in [0.1, 0.15) is 25.1 Å². The number of hydrogen-bond donors (Lipinski definition) is 0. The van der Waals surface area contributed by atoms with E-state index in [-0.39, 0.29) is 5.82 Å². The molecule has 2 aromatic rings. The normalized spacial score (nSPS) is 12.4. The lowest BCUT2D eigenvalue weighted by molar-refractivity contribution is 0.260. The van der Waals surface area contributed by atoms with Crippen molar-refractivity contribution < 1.29 is 9.13 Å². The molecule has 0 radical (unpaired) electrons. The number of rotatable bonds is 0. The largest absolute Gasteiger partial charge is 0.440 e. The predicted molar refractivity (Wildman–Crippen MR) is 70.5 cm³/mol. The van der Waals surface area contributed by atoms with E-state index in [1.807, 2.05) is 31.4 Å². The molecule has 2 nitrogen and oxygen atoms in total. The highest BCUT2D eigenvalue weighted by molar-refractivity contribution is 5.85. The standard InChI is InChI=1S/C13H10FNO.C2H6/c1-9-11-4-3-10(14)7-12(11)15-5-2-6-16-8-13(9)15;1-2/h3-4,7H,5,8H2,1H3;1-2H3. The number of halogens is 1. The fraction of sp³-hybridized carbons (Fsp3) is 0.333. The Balaban J connectivity index is 0.000000574. The van der Waals surface area contributed by atoms with E-state index in [9.17, 15) is 4.39 Å². The van der Waals surface area contributed by atoms with Gasteiger partial charge in [-0.1, -0.05) is 13.8 Å². The molecule has 1 aromatic heterocycles. The Morgan fingerprint density at radius 3 is 2.89 bits per heavy atom. The summed E-state index contributed by atoms with van der Waals surface area (Å²) in [6, 6.07) is 4.86. The third-order valence-electron chi connectivity index (χ3n) is 3.00. The summed E-state index contributed by atoms with van der Waals surface area (Å²) in [5.74, 6) is 2.68. The van der Waals surface area contributed by atoms with Gasteiger partial charge >= 0.3 is 0 Å². The van der Waals surface area contributed by atoms with Crippen molar-refractivity contribution in [2.45, 2.75) is 33.9 Å². The molecular formula is C15H16FNO. The maximum absolute atomic E-state index is 13.2. The zero-order valence-electron chi connectivity index (χ0n) is 10.9. The average molecular weight is 245 g/mol. The number of ether oxygens (including phenoxy) is 1. The molecule has 18 heavy (non-hydrogen) atoms. The van der Waals surface area contributed by atoms with E-state index in [1.54, 1.807) is 6.07 Å². The first-order chi connectivity index (χ1) is 8.77. The Morgan fingerprint density at radius 2 is 2.11 bits per heavy atom. The van der Waals surface area contributed by atoms with Crippen LogP contribution in [0, 0.1) is 24.8 Å². The molecule has 0 fully saturated rings. The van der Waals surface area contributed by atoms with Gasteiger partial charge in [0.05, 0.1) is 17.8 Å². The van der Waals surface area contributed by atoms with Gasteiger partial charge in [-0.15, -0.1) is 0 Å². The van der Waals surface area contributed by atoms with Crippen LogP contribution < -0.4 is 0 Å². The van der Waals surface area contributed by atoms with Crippen LogP contribution in [0.4, 0.5) is 4.39 Å². The summed E-state index contributed by atoms with van der Waals surface area (Å²) in [5.41, 5.74) is 3.10. The van der Waals surface area contributed by atoms with Crippen molar-refractivity contribution >= 4 is 10.9 Å². The van der Waals surface area contributed by atoms with Crippen molar-refractivity contribution in [1.29, 1.82) is 0 Å². The van der Waals surface area contributed by atoms with Crippen molar-refractivity contribution in [2.75, 3.05) is 0 Å². The van der Waals surface area contributed by atoms with Crippen LogP contribution in [0.25, 0.3) is 10.9 Å². The first kappa shape index (κ1) is 12.5. The van der Waals surface area contributed by atoms with Crippen LogP contribution in [-0.2, 0) is 17.9 Å². The lowest BCUT2D eigenvalue weighted by Crippen LogP contribution is -2.01. The highest BCUT2D eigenvalue weighted by atomic mass is 19.1. The van der Waals surface area contributed by atoms with E-state index in [1.165, 1.54) is 6.07 Å². The third kappa shape index (κ3) is 1.95. The number of nitrogens with zero attached hydrogens (tertiary/aromatic N) is 1. The van der Waals surface area contributed by atoms with E-state index in [4.69, 9.17) is 4.74 Å². The molecule has 0 spiro atoms. The van der Waals surface area contributed by atoms with Gasteiger partial charge in [-0.25, -0.2) is 4.39 Å². The molecule has 0 bridgehead atoms. The first-order valence-electron chi connectivity index (χ1n) is 6.14. The van der Waals surface area contributed by atoms with Crippen LogP contribution in [0.3, 0.4) is 0 Å². The Labute approximate surface area is 106 Å². The van der Waals surface area contributed by atoms with Crippen LogP contribution in [0.2, 0.25) is 0 Å². The molecule has 1 aromatic carbocycles. The minimum absolute atomic E-state index is 0.217. The molecule has 2 heterocycles. The van der Waals surface area contributed by atoms with Gasteiger partial charge in [0.2, 0.25) is 0 Å². The fourth-order valence-corrected chi connectivity index (χ4v) is 2.18. The zero-order valence-corrected chi connectivity index (χ0v) is 10.9. The maximum Gasteiger partial charge on any atom is 0.140 e. The van der Waals surface area contributed by atoms with Gasteiger partial charge in [-0.3, -0.25) is 0 Å². The summed E-state index contributed by atoms with van der Waals surface area (Å²) in [7, 11) is 0. The highest BCUT2D eigenvalue weighted by Crippen LogP contribution is 2.27. The van der Waals surface area contributed by atoms with Gasteiger partial charge < -0.3 is 9.30 Å². The molecule has 1 aliphatic rings. The van der Waals surface area contributed by atoms with Crippen molar-refractivity contribution in [3.05, 3.63) is 35.3 Å². The summed E-state index contributed by atoms with van der Waals surface area (Å²) in [5, 5.41) is 1.07. The molecule has 3 rings (SSSR count). The van der Waals surface area contributed by atoms with Gasteiger partial charge in [0.15, 0.2) is 0 Å². The highest BCUT2D eigenvalue weighted by Gasteiger charge is 2.15. The summed E-state index contributed by atoms with van der Waals surface area (Å²) >= 11 is 0. The van der Waals surface area contributed by atoms with Gasteiger partial charge in [-0.05, 0) is 36.6 Å². The topological polar surface area (TPSA) is 14.2 Å². The Hall–Kier alpha value is -1.95. The van der Waals surface area contributed by atoms with Gasteiger partial charge in [0.1, 0.15) is 18.5 Å². The fourth-order valence-electron chi connectivity index (χ4n) is 2.18. The first-order valence-corrected chi connectivity index (χ1v) is 6.14. The Kier molecular flexibility index (Phi) is 3.57. The number of hydrogen-bond acceptors (Lipinski definition) is 1. The SMILES string of the molecule is CC.Cc1c2n(c3cc(F)ccc13)CC#COC2. The van der Waals surface area contributed by atoms with Crippen LogP contribution >= 0.6 is 0 Å². The molecular weight excluding hydrogens is 229 g/mol. The second-order valence-electron chi connectivity index (χ2n) is 3.89. The molecule has 0 amide bonds. The molecule has 3 heteroatoms. The van der Waals surface area contributed by atoms with E-state index >= 15 is 0 Å². The van der Waals surface area contributed by atoms with Crippen LogP contribution in [0.5, 0.6) is 0 Å². The molecule has 0 saturated heterocycles. The molecule has 1 aliphatic heterocycles. The predicted octanol–water partition coefficient (Wildman–Crippen LogP) is 3.61. The monoisotopic (exact) mass is 245 g/mol. The smallest absolute Gasteiger partial charge is 0.140 e. The van der Waals surface area contributed by atoms with Crippen molar-refractivity contribution in [3.8, 4) is 12.0 Å². The number of fused-ring (bicyclic) bond motifs is 3. The minimum atomic E-state index is -0.217.